The average Bonchev–Trinajstić information content (AvgIpc) is 2.79. The molecule has 160 valence electrons. The number of ketones is 1. The van der Waals surface area contributed by atoms with Crippen molar-refractivity contribution in [3.63, 3.8) is 0 Å². The van der Waals surface area contributed by atoms with Crippen molar-refractivity contribution >= 4 is 23.4 Å². The van der Waals surface area contributed by atoms with Gasteiger partial charge in [-0.1, -0.05) is 60.7 Å². The highest BCUT2D eigenvalue weighted by molar-refractivity contribution is 6.62. The summed E-state index contributed by atoms with van der Waals surface area (Å²) in [4.78, 5) is 41.3. The summed E-state index contributed by atoms with van der Waals surface area (Å²) in [5.74, 6) is -2.05. The molecule has 2 aromatic rings. The predicted molar refractivity (Wildman–Crippen MR) is 111 cm³/mol. The van der Waals surface area contributed by atoms with Gasteiger partial charge in [0.05, 0.1) is 19.2 Å². The molecule has 0 aliphatic carbocycles. The number of nitrogens with zero attached hydrogens (tertiary/aromatic N) is 3. The van der Waals surface area contributed by atoms with Crippen LogP contribution in [0.25, 0.3) is 5.53 Å². The molecule has 0 saturated carbocycles. The van der Waals surface area contributed by atoms with Gasteiger partial charge >= 0.3 is 17.7 Å². The van der Waals surface area contributed by atoms with E-state index in [4.69, 9.17) is 15.0 Å². The Morgan fingerprint density at radius 3 is 2.29 bits per heavy atom. The summed E-state index contributed by atoms with van der Waals surface area (Å²) in [6.07, 6.45) is -0.688. The minimum atomic E-state index is -0.977. The highest BCUT2D eigenvalue weighted by atomic mass is 16.5. The maximum atomic E-state index is 12.5. The van der Waals surface area contributed by atoms with E-state index in [9.17, 15) is 14.4 Å². The normalized spacial score (nSPS) is 18.5. The number of esters is 2. The smallest absolute Gasteiger partial charge is 0.441 e. The Hall–Kier alpha value is -3.61. The summed E-state index contributed by atoms with van der Waals surface area (Å²) in [7, 11) is 0. The van der Waals surface area contributed by atoms with Crippen LogP contribution in [0.5, 0.6) is 0 Å². The number of benzene rings is 2. The Bertz CT molecular complexity index is 987. The molecule has 0 aromatic heterocycles. The molecule has 1 heterocycles. The van der Waals surface area contributed by atoms with E-state index < -0.39 is 29.5 Å². The summed E-state index contributed by atoms with van der Waals surface area (Å²) >= 11 is 0. The molecule has 0 unspecified atom stereocenters. The first-order chi connectivity index (χ1) is 15.0. The summed E-state index contributed by atoms with van der Waals surface area (Å²) in [6.45, 7) is 1.79. The third kappa shape index (κ3) is 5.31. The van der Waals surface area contributed by atoms with Gasteiger partial charge in [-0.2, -0.15) is 4.79 Å². The molecule has 2 aromatic carbocycles. The van der Waals surface area contributed by atoms with Crippen LogP contribution in [-0.2, 0) is 23.9 Å². The largest absolute Gasteiger partial charge is 0.457 e. The van der Waals surface area contributed by atoms with Crippen molar-refractivity contribution in [2.24, 2.45) is 0 Å². The molecular weight excluding hydrogens is 398 g/mol. The van der Waals surface area contributed by atoms with Crippen molar-refractivity contribution in [1.29, 1.82) is 0 Å². The molecule has 2 atom stereocenters. The minimum absolute atomic E-state index is 0.0127. The van der Waals surface area contributed by atoms with Crippen LogP contribution in [0, 0.1) is 0 Å². The molecule has 31 heavy (non-hydrogen) atoms. The van der Waals surface area contributed by atoms with Crippen LogP contribution < -0.4 is 0 Å². The quantitative estimate of drug-likeness (QED) is 0.213. The van der Waals surface area contributed by atoms with Crippen molar-refractivity contribution in [3.05, 3.63) is 77.3 Å². The zero-order valence-corrected chi connectivity index (χ0v) is 17.1. The highest BCUT2D eigenvalue weighted by Crippen LogP contribution is 2.39. The fraction of sp³-hybridized carbons (Fsp3) is 0.304. The second kappa shape index (κ2) is 10.4. The fourth-order valence-corrected chi connectivity index (χ4v) is 3.62. The molecule has 0 N–H and O–H groups in total. The van der Waals surface area contributed by atoms with Crippen molar-refractivity contribution in [2.45, 2.75) is 25.5 Å². The number of carbonyl (C=O) groups is 3. The summed E-state index contributed by atoms with van der Waals surface area (Å²) < 4.78 is 10.5. The second-order valence-electron chi connectivity index (χ2n) is 6.99. The Morgan fingerprint density at radius 1 is 1.10 bits per heavy atom. The van der Waals surface area contributed by atoms with Crippen LogP contribution >= 0.6 is 0 Å². The predicted octanol–water partition coefficient (Wildman–Crippen LogP) is 2.52. The van der Waals surface area contributed by atoms with Gasteiger partial charge in [-0.3, -0.25) is 14.5 Å². The SMILES string of the molecule is CCOC(=O)C(=[N+]=[N-])C(=O)CCN1CC(=O)O[C@@H](c2ccccc2)[C@H]1c1ccccc1. The van der Waals surface area contributed by atoms with Gasteiger partial charge in [-0.15, -0.1) is 0 Å². The first kappa shape index (κ1) is 22.1. The van der Waals surface area contributed by atoms with Crippen molar-refractivity contribution in [3.8, 4) is 0 Å². The number of cyclic esters (lactones) is 1. The lowest BCUT2D eigenvalue weighted by Crippen LogP contribution is -2.45. The zero-order valence-electron chi connectivity index (χ0n) is 17.1. The van der Waals surface area contributed by atoms with E-state index in [0.717, 1.165) is 11.1 Å². The maximum absolute atomic E-state index is 12.5. The molecule has 1 aliphatic rings. The van der Waals surface area contributed by atoms with E-state index in [1.54, 1.807) is 6.92 Å². The van der Waals surface area contributed by atoms with E-state index in [1.165, 1.54) is 0 Å². The van der Waals surface area contributed by atoms with E-state index in [0.29, 0.717) is 0 Å². The number of ether oxygens (including phenoxy) is 2. The number of rotatable bonds is 8. The number of hydrogen-bond acceptors (Lipinski definition) is 6. The van der Waals surface area contributed by atoms with Gasteiger partial charge in [0.25, 0.3) is 5.78 Å². The van der Waals surface area contributed by atoms with Gasteiger partial charge in [0.1, 0.15) is 6.10 Å². The minimum Gasteiger partial charge on any atom is -0.457 e. The first-order valence-electron chi connectivity index (χ1n) is 10.0. The Balaban J connectivity index is 1.86. The van der Waals surface area contributed by atoms with Crippen LogP contribution in [0.15, 0.2) is 60.7 Å². The van der Waals surface area contributed by atoms with Gasteiger partial charge in [0.15, 0.2) is 0 Å². The Kier molecular flexibility index (Phi) is 7.43. The standard InChI is InChI=1S/C23H23N3O5/c1-2-30-23(29)20(25-24)18(27)13-14-26-15-19(28)31-22(17-11-7-4-8-12-17)21(26)16-9-5-3-6-10-16/h3-12,21-22H,2,13-15H2,1H3/t21-,22+/m1/s1. The second-order valence-corrected chi connectivity index (χ2v) is 6.99. The lowest BCUT2D eigenvalue weighted by molar-refractivity contribution is -0.166. The number of hydrogen-bond donors (Lipinski definition) is 0. The zero-order chi connectivity index (χ0) is 22.2. The van der Waals surface area contributed by atoms with Gasteiger partial charge < -0.3 is 15.0 Å². The molecule has 0 bridgehead atoms. The summed E-state index contributed by atoms with van der Waals surface area (Å²) in [5.41, 5.74) is 10.2. The Morgan fingerprint density at radius 2 is 1.71 bits per heavy atom. The van der Waals surface area contributed by atoms with E-state index in [2.05, 4.69) is 4.79 Å². The third-order valence-electron chi connectivity index (χ3n) is 5.00. The van der Waals surface area contributed by atoms with Gasteiger partial charge in [-0.05, 0) is 18.1 Å². The van der Waals surface area contributed by atoms with Gasteiger partial charge in [-0.25, -0.2) is 4.79 Å². The Labute approximate surface area is 180 Å². The van der Waals surface area contributed by atoms with Crippen LogP contribution in [0.3, 0.4) is 0 Å². The lowest BCUT2D eigenvalue weighted by Gasteiger charge is -2.40. The molecule has 8 nitrogen and oxygen atoms in total. The molecular formula is C23H23N3O5. The van der Waals surface area contributed by atoms with Crippen molar-refractivity contribution < 1.29 is 28.6 Å². The summed E-state index contributed by atoms with van der Waals surface area (Å²) in [6, 6.07) is 18.6. The molecule has 0 amide bonds. The summed E-state index contributed by atoms with van der Waals surface area (Å²) in [5, 5.41) is 0. The molecule has 8 heteroatoms. The monoisotopic (exact) mass is 421 g/mol. The molecule has 3 rings (SSSR count). The maximum Gasteiger partial charge on any atom is 0.441 e. The topological polar surface area (TPSA) is 109 Å². The van der Waals surface area contributed by atoms with Crippen LogP contribution in [0.1, 0.15) is 36.6 Å². The van der Waals surface area contributed by atoms with E-state index in [-0.39, 0.29) is 32.2 Å². The molecule has 0 radical (unpaired) electrons. The average molecular weight is 421 g/mol. The van der Waals surface area contributed by atoms with Crippen molar-refractivity contribution in [2.75, 3.05) is 19.7 Å². The third-order valence-corrected chi connectivity index (χ3v) is 5.00. The fourth-order valence-electron chi connectivity index (χ4n) is 3.62. The van der Waals surface area contributed by atoms with Gasteiger partial charge in [0.2, 0.25) is 0 Å². The molecule has 1 aliphatic heterocycles. The highest BCUT2D eigenvalue weighted by Gasteiger charge is 2.40. The number of morpholine rings is 1. The van der Waals surface area contributed by atoms with E-state index in [1.807, 2.05) is 65.6 Å². The van der Waals surface area contributed by atoms with Crippen molar-refractivity contribution in [1.82, 2.24) is 4.90 Å². The molecule has 1 saturated heterocycles. The van der Waals surface area contributed by atoms with Gasteiger partial charge in [0, 0.05) is 13.0 Å². The number of Topliss-reactive ketones (excluding diaryl/α,β-unsaturated/α-hetero) is 1. The first-order valence-corrected chi connectivity index (χ1v) is 10.0. The number of carbonyl (C=O) groups excluding carboxylic acids is 3. The lowest BCUT2D eigenvalue weighted by atomic mass is 9.92. The van der Waals surface area contributed by atoms with Crippen LogP contribution in [0.2, 0.25) is 0 Å². The molecule has 1 fully saturated rings. The van der Waals surface area contributed by atoms with Crippen LogP contribution in [-0.4, -0.2) is 52.8 Å². The van der Waals surface area contributed by atoms with E-state index >= 15 is 0 Å². The molecule has 0 spiro atoms. The van der Waals surface area contributed by atoms with Crippen LogP contribution in [0.4, 0.5) is 0 Å².